The molecule has 0 saturated carbocycles. The Kier molecular flexibility index (Phi) is 7.54. The maximum Gasteiger partial charge on any atom is 0.0624 e. The summed E-state index contributed by atoms with van der Waals surface area (Å²) in [7, 11) is 0. The molecule has 0 unspecified atom stereocenters. The summed E-state index contributed by atoms with van der Waals surface area (Å²) in [6, 6.07) is 4.93. The van der Waals surface area contributed by atoms with E-state index in [9.17, 15) is 0 Å². The summed E-state index contributed by atoms with van der Waals surface area (Å²) in [4.78, 5) is 8.46. The van der Waals surface area contributed by atoms with E-state index in [1.807, 2.05) is 45.3 Å². The highest BCUT2D eigenvalue weighted by molar-refractivity contribution is 7.22. The number of thiophene rings is 4. The Bertz CT molecular complexity index is 1580. The van der Waals surface area contributed by atoms with E-state index in [2.05, 4.69) is 39.8 Å². The Morgan fingerprint density at radius 2 is 1.30 bits per heavy atom. The van der Waals surface area contributed by atoms with Crippen LogP contribution in [0.5, 0.6) is 0 Å². The van der Waals surface area contributed by atoms with Crippen molar-refractivity contribution in [1.82, 2.24) is 0 Å². The summed E-state index contributed by atoms with van der Waals surface area (Å²) in [6.07, 6.45) is 10.5. The fraction of sp³-hybridized carbons (Fsp3) is 0.419. The number of hydrogen-bond donors (Lipinski definition) is 0. The van der Waals surface area contributed by atoms with Crippen molar-refractivity contribution >= 4 is 88.7 Å². The van der Waals surface area contributed by atoms with Gasteiger partial charge in [0.2, 0.25) is 0 Å². The molecular formula is C31H32Cl2S4. The molecule has 1 aliphatic carbocycles. The molecule has 37 heavy (non-hydrogen) atoms. The topological polar surface area (TPSA) is 0 Å². The van der Waals surface area contributed by atoms with E-state index in [-0.39, 0.29) is 0 Å². The summed E-state index contributed by atoms with van der Waals surface area (Å²) in [5, 5.41) is 4.42. The molecule has 0 bridgehead atoms. The molecule has 0 aliphatic heterocycles. The minimum absolute atomic E-state index is 0.921. The van der Waals surface area contributed by atoms with Crippen LogP contribution in [0.1, 0.15) is 84.6 Å². The second kappa shape index (κ2) is 10.6. The van der Waals surface area contributed by atoms with Gasteiger partial charge in [-0.1, -0.05) is 43.5 Å². The van der Waals surface area contributed by atoms with Crippen molar-refractivity contribution in [3.05, 3.63) is 73.7 Å². The first-order chi connectivity index (χ1) is 17.9. The highest BCUT2D eigenvalue weighted by Gasteiger charge is 2.25. The second-order valence-corrected chi connectivity index (χ2v) is 15.9. The molecule has 1 aromatic carbocycles. The molecule has 1 aliphatic rings. The Labute approximate surface area is 246 Å². The highest BCUT2D eigenvalue weighted by Crippen LogP contribution is 2.50. The van der Waals surface area contributed by atoms with E-state index in [1.54, 1.807) is 10.4 Å². The van der Waals surface area contributed by atoms with Crippen LogP contribution in [0.4, 0.5) is 0 Å². The average Bonchev–Trinajstić information content (AvgIpc) is 3.58. The maximum absolute atomic E-state index is 7.12. The Balaban J connectivity index is 1.55. The lowest BCUT2D eigenvalue weighted by molar-refractivity contribution is 0.712. The van der Waals surface area contributed by atoms with E-state index in [0.717, 1.165) is 35.7 Å². The zero-order chi connectivity index (χ0) is 25.8. The molecule has 5 aromatic rings. The lowest BCUT2D eigenvalue weighted by Crippen LogP contribution is -1.94. The molecule has 0 amide bonds. The summed E-state index contributed by atoms with van der Waals surface area (Å²) < 4.78 is 2.68. The average molecular weight is 604 g/mol. The van der Waals surface area contributed by atoms with Crippen molar-refractivity contribution in [3.8, 4) is 0 Å². The molecule has 0 radical (unpaired) electrons. The van der Waals surface area contributed by atoms with Gasteiger partial charge in [0.25, 0.3) is 0 Å². The summed E-state index contributed by atoms with van der Waals surface area (Å²) in [5.41, 5.74) is 5.84. The van der Waals surface area contributed by atoms with Gasteiger partial charge in [0, 0.05) is 62.3 Å². The lowest BCUT2D eigenvalue weighted by Gasteiger charge is -2.12. The van der Waals surface area contributed by atoms with Gasteiger partial charge in [0.15, 0.2) is 0 Å². The number of rotatable bonds is 6. The molecule has 0 fully saturated rings. The predicted octanol–water partition coefficient (Wildman–Crippen LogP) is 11.7. The van der Waals surface area contributed by atoms with Gasteiger partial charge < -0.3 is 0 Å². The van der Waals surface area contributed by atoms with E-state index < -0.39 is 0 Å². The van der Waals surface area contributed by atoms with Gasteiger partial charge >= 0.3 is 0 Å². The van der Waals surface area contributed by atoms with E-state index in [1.165, 1.54) is 93.4 Å². The van der Waals surface area contributed by atoms with Crippen LogP contribution >= 0.6 is 68.5 Å². The van der Waals surface area contributed by atoms with E-state index in [4.69, 9.17) is 23.2 Å². The summed E-state index contributed by atoms with van der Waals surface area (Å²) in [5.74, 6) is 0. The van der Waals surface area contributed by atoms with Crippen LogP contribution in [0.15, 0.2) is 12.1 Å². The molecule has 4 heterocycles. The van der Waals surface area contributed by atoms with Crippen LogP contribution in [0.3, 0.4) is 0 Å². The largest absolute Gasteiger partial charge is 0.145 e. The third kappa shape index (κ3) is 4.64. The van der Waals surface area contributed by atoms with E-state index >= 15 is 0 Å². The number of hydrogen-bond acceptors (Lipinski definition) is 4. The van der Waals surface area contributed by atoms with Gasteiger partial charge in [-0.05, 0) is 86.8 Å². The van der Waals surface area contributed by atoms with Gasteiger partial charge in [-0.3, -0.25) is 0 Å². The van der Waals surface area contributed by atoms with Crippen molar-refractivity contribution in [3.63, 3.8) is 0 Å². The number of aryl methyl sites for hydroxylation is 6. The number of fused-ring (bicyclic) bond motifs is 3. The van der Waals surface area contributed by atoms with Crippen LogP contribution in [0.25, 0.3) is 20.2 Å². The minimum atomic E-state index is 0.921. The van der Waals surface area contributed by atoms with Crippen LogP contribution in [0.2, 0.25) is 10.0 Å². The molecule has 0 spiro atoms. The third-order valence-corrected chi connectivity index (χ3v) is 13.9. The van der Waals surface area contributed by atoms with Crippen LogP contribution in [-0.2, 0) is 38.5 Å². The summed E-state index contributed by atoms with van der Waals surface area (Å²) >= 11 is 22.0. The standard InChI is InChI=1S/C31H32Cl2S4/c1-5-18-12-20(36-24(18)6-2)14-22-26-28(32)16(3)35-31(26)23(27-29(33)17(4)34-30(22)27)15-21-13-19-10-8-7-9-11-25(19)37-21/h12-13H,5-11,14-15H2,1-4H3. The highest BCUT2D eigenvalue weighted by atomic mass is 35.5. The van der Waals surface area contributed by atoms with Crippen molar-refractivity contribution in [1.29, 1.82) is 0 Å². The molecule has 4 aromatic heterocycles. The van der Waals surface area contributed by atoms with E-state index in [0.29, 0.717) is 0 Å². The maximum atomic E-state index is 7.12. The van der Waals surface area contributed by atoms with Crippen molar-refractivity contribution < 1.29 is 0 Å². The Hall–Kier alpha value is -0.880. The van der Waals surface area contributed by atoms with Gasteiger partial charge in [0.05, 0.1) is 10.0 Å². The monoisotopic (exact) mass is 602 g/mol. The first-order valence-electron chi connectivity index (χ1n) is 13.4. The second-order valence-electron chi connectivity index (χ2n) is 10.3. The zero-order valence-corrected chi connectivity index (χ0v) is 26.7. The molecule has 6 rings (SSSR count). The lowest BCUT2D eigenvalue weighted by atomic mass is 9.96. The molecule has 0 saturated heterocycles. The Morgan fingerprint density at radius 1 is 0.703 bits per heavy atom. The molecular weight excluding hydrogens is 572 g/mol. The minimum Gasteiger partial charge on any atom is -0.145 e. The smallest absolute Gasteiger partial charge is 0.0624 e. The fourth-order valence-corrected chi connectivity index (χ4v) is 11.4. The van der Waals surface area contributed by atoms with Crippen molar-refractivity contribution in [2.75, 3.05) is 0 Å². The zero-order valence-electron chi connectivity index (χ0n) is 21.9. The fourth-order valence-electron chi connectivity index (χ4n) is 5.96. The molecule has 0 nitrogen and oxygen atoms in total. The van der Waals surface area contributed by atoms with Gasteiger partial charge in [-0.2, -0.15) is 0 Å². The van der Waals surface area contributed by atoms with Crippen LogP contribution in [0, 0.1) is 13.8 Å². The van der Waals surface area contributed by atoms with Crippen molar-refractivity contribution in [2.24, 2.45) is 0 Å². The first kappa shape index (κ1) is 26.3. The normalized spacial score (nSPS) is 14.1. The van der Waals surface area contributed by atoms with Crippen molar-refractivity contribution in [2.45, 2.75) is 85.5 Å². The van der Waals surface area contributed by atoms with Gasteiger partial charge in [0.1, 0.15) is 0 Å². The first-order valence-corrected chi connectivity index (χ1v) is 17.4. The Morgan fingerprint density at radius 3 is 1.86 bits per heavy atom. The summed E-state index contributed by atoms with van der Waals surface area (Å²) in [6.45, 7) is 8.88. The van der Waals surface area contributed by atoms with Crippen LogP contribution in [-0.4, -0.2) is 0 Å². The molecule has 194 valence electrons. The van der Waals surface area contributed by atoms with Gasteiger partial charge in [-0.25, -0.2) is 0 Å². The van der Waals surface area contributed by atoms with Crippen LogP contribution < -0.4 is 0 Å². The molecule has 6 heteroatoms. The van der Waals surface area contributed by atoms with Gasteiger partial charge in [-0.15, -0.1) is 45.3 Å². The third-order valence-electron chi connectivity index (χ3n) is 7.82. The number of halogens is 2. The predicted molar refractivity (Wildman–Crippen MR) is 171 cm³/mol. The number of benzene rings is 1. The molecule has 0 N–H and O–H groups in total. The SMILES string of the molecule is CCc1cc(Cc2c3sc(C)c(Cl)c3c(Cc3cc4c(s3)CCCCC4)c3sc(C)c(Cl)c23)sc1CC. The quantitative estimate of drug-likeness (QED) is 0.169. The molecule has 0 atom stereocenters.